The highest BCUT2D eigenvalue weighted by atomic mass is 16.5. The number of carboxylic acid groups (broad SMARTS) is 1. The van der Waals surface area contributed by atoms with E-state index in [4.69, 9.17) is 9.47 Å². The van der Waals surface area contributed by atoms with Gasteiger partial charge in [0.15, 0.2) is 0 Å². The summed E-state index contributed by atoms with van der Waals surface area (Å²) >= 11 is 0. The Morgan fingerprint density at radius 3 is 2.36 bits per heavy atom. The number of ether oxygens (including phenoxy) is 2. The average molecular weight is 383 g/mol. The van der Waals surface area contributed by atoms with E-state index < -0.39 is 5.97 Å². The molecule has 3 rings (SSSR count). The molecule has 148 valence electrons. The Hall–Kier alpha value is -2.86. The molecule has 1 saturated heterocycles. The lowest BCUT2D eigenvalue weighted by atomic mass is 10.1. The van der Waals surface area contributed by atoms with Crippen LogP contribution in [0.1, 0.15) is 28.8 Å². The lowest BCUT2D eigenvalue weighted by Crippen LogP contribution is -2.37. The van der Waals surface area contributed by atoms with Crippen molar-refractivity contribution in [2.75, 3.05) is 26.3 Å². The number of hydrogen-bond acceptors (Lipinski definition) is 4. The van der Waals surface area contributed by atoms with E-state index in [1.807, 2.05) is 30.3 Å². The Bertz CT molecular complexity index is 769. The molecule has 0 spiro atoms. The molecule has 0 unspecified atom stereocenters. The van der Waals surface area contributed by atoms with Gasteiger partial charge < -0.3 is 19.5 Å². The van der Waals surface area contributed by atoms with Gasteiger partial charge in [-0.3, -0.25) is 9.59 Å². The maximum Gasteiger partial charge on any atom is 0.323 e. The fourth-order valence-electron chi connectivity index (χ4n) is 3.17. The van der Waals surface area contributed by atoms with Crippen LogP contribution in [0.5, 0.6) is 5.75 Å². The second kappa shape index (κ2) is 9.90. The van der Waals surface area contributed by atoms with Crippen molar-refractivity contribution in [2.24, 2.45) is 0 Å². The first-order chi connectivity index (χ1) is 13.6. The molecule has 0 atom stereocenters. The van der Waals surface area contributed by atoms with Gasteiger partial charge in [0, 0.05) is 24.9 Å². The fourth-order valence-corrected chi connectivity index (χ4v) is 3.17. The average Bonchev–Trinajstić information content (AvgIpc) is 2.72. The van der Waals surface area contributed by atoms with Crippen molar-refractivity contribution >= 4 is 11.9 Å². The van der Waals surface area contributed by atoms with E-state index in [2.05, 4.69) is 0 Å². The fraction of sp³-hybridized carbons (Fsp3) is 0.364. The summed E-state index contributed by atoms with van der Waals surface area (Å²) in [4.78, 5) is 25.4. The van der Waals surface area contributed by atoms with Crippen molar-refractivity contribution in [3.8, 4) is 5.75 Å². The summed E-state index contributed by atoms with van der Waals surface area (Å²) in [6, 6.07) is 16.6. The maximum absolute atomic E-state index is 12.8. The zero-order chi connectivity index (χ0) is 19.8. The number of carboxylic acids is 1. The van der Waals surface area contributed by atoms with E-state index in [1.165, 1.54) is 4.90 Å². The summed E-state index contributed by atoms with van der Waals surface area (Å²) in [6.07, 6.45) is 2.44. The summed E-state index contributed by atoms with van der Waals surface area (Å²) in [5, 5.41) is 9.18. The van der Waals surface area contributed by atoms with Gasteiger partial charge in [-0.2, -0.15) is 0 Å². The largest absolute Gasteiger partial charge is 0.490 e. The molecule has 2 aromatic rings. The number of benzene rings is 2. The van der Waals surface area contributed by atoms with Crippen LogP contribution in [-0.2, 0) is 16.0 Å². The molecule has 28 heavy (non-hydrogen) atoms. The summed E-state index contributed by atoms with van der Waals surface area (Å²) in [7, 11) is 0. The summed E-state index contributed by atoms with van der Waals surface area (Å²) in [5.41, 5.74) is 1.51. The SMILES string of the molecule is O=C(O)CN(CCc1ccccc1)C(=O)c1ccc(OC2CCOCC2)cc1. The standard InChI is InChI=1S/C22H25NO5/c24-21(25)16-23(13-10-17-4-2-1-3-5-17)22(26)18-6-8-19(9-7-18)28-20-11-14-27-15-12-20/h1-9,20H,10-16H2,(H,24,25). The quantitative estimate of drug-likeness (QED) is 0.758. The lowest BCUT2D eigenvalue weighted by Gasteiger charge is -2.24. The van der Waals surface area contributed by atoms with Gasteiger partial charge in [-0.05, 0) is 36.2 Å². The topological polar surface area (TPSA) is 76.1 Å². The third kappa shape index (κ3) is 5.82. The third-order valence-electron chi connectivity index (χ3n) is 4.70. The summed E-state index contributed by atoms with van der Waals surface area (Å²) in [5.74, 6) is -0.616. The highest BCUT2D eigenvalue weighted by molar-refractivity contribution is 5.96. The van der Waals surface area contributed by atoms with Crippen molar-refractivity contribution in [1.82, 2.24) is 4.90 Å². The highest BCUT2D eigenvalue weighted by Crippen LogP contribution is 2.19. The van der Waals surface area contributed by atoms with E-state index in [9.17, 15) is 14.7 Å². The number of aliphatic carboxylic acids is 1. The number of rotatable bonds is 8. The first-order valence-electron chi connectivity index (χ1n) is 9.51. The van der Waals surface area contributed by atoms with Crippen molar-refractivity contribution in [3.05, 3.63) is 65.7 Å². The van der Waals surface area contributed by atoms with E-state index >= 15 is 0 Å². The molecular formula is C22H25NO5. The monoisotopic (exact) mass is 383 g/mol. The number of amides is 1. The molecule has 6 nitrogen and oxygen atoms in total. The zero-order valence-corrected chi connectivity index (χ0v) is 15.8. The Morgan fingerprint density at radius 2 is 1.71 bits per heavy atom. The Kier molecular flexibility index (Phi) is 7.03. The Labute approximate surface area is 164 Å². The second-order valence-electron chi connectivity index (χ2n) is 6.81. The van der Waals surface area contributed by atoms with Crippen LogP contribution in [0.25, 0.3) is 0 Å². The molecule has 1 amide bonds. The lowest BCUT2D eigenvalue weighted by molar-refractivity contribution is -0.137. The van der Waals surface area contributed by atoms with Crippen LogP contribution in [0, 0.1) is 0 Å². The molecule has 0 aromatic heterocycles. The van der Waals surface area contributed by atoms with Gasteiger partial charge in [0.25, 0.3) is 5.91 Å². The Morgan fingerprint density at radius 1 is 1.04 bits per heavy atom. The van der Waals surface area contributed by atoms with Crippen LogP contribution in [0.2, 0.25) is 0 Å². The van der Waals surface area contributed by atoms with Gasteiger partial charge in [0.1, 0.15) is 18.4 Å². The van der Waals surface area contributed by atoms with Gasteiger partial charge in [-0.1, -0.05) is 30.3 Å². The van der Waals surface area contributed by atoms with Crippen molar-refractivity contribution in [3.63, 3.8) is 0 Å². The van der Waals surface area contributed by atoms with Crippen molar-refractivity contribution < 1.29 is 24.2 Å². The molecule has 1 fully saturated rings. The number of nitrogens with zero attached hydrogens (tertiary/aromatic N) is 1. The first-order valence-corrected chi connectivity index (χ1v) is 9.51. The second-order valence-corrected chi connectivity index (χ2v) is 6.81. The number of carbonyl (C=O) groups is 2. The summed E-state index contributed by atoms with van der Waals surface area (Å²) in [6.45, 7) is 1.42. The molecule has 1 aliphatic rings. The molecular weight excluding hydrogens is 358 g/mol. The normalized spacial score (nSPS) is 14.4. The predicted molar refractivity (Wildman–Crippen MR) is 105 cm³/mol. The van der Waals surface area contributed by atoms with Crippen LogP contribution in [-0.4, -0.2) is 54.3 Å². The maximum atomic E-state index is 12.8. The highest BCUT2D eigenvalue weighted by Gasteiger charge is 2.19. The van der Waals surface area contributed by atoms with Gasteiger partial charge >= 0.3 is 5.97 Å². The van der Waals surface area contributed by atoms with Crippen LogP contribution in [0.3, 0.4) is 0 Å². The number of hydrogen-bond donors (Lipinski definition) is 1. The van der Waals surface area contributed by atoms with Crippen LogP contribution < -0.4 is 4.74 Å². The van der Waals surface area contributed by atoms with E-state index in [-0.39, 0.29) is 18.6 Å². The molecule has 2 aromatic carbocycles. The van der Waals surface area contributed by atoms with Crippen molar-refractivity contribution in [2.45, 2.75) is 25.4 Å². The smallest absolute Gasteiger partial charge is 0.323 e. The molecule has 0 bridgehead atoms. The van der Waals surface area contributed by atoms with E-state index in [1.54, 1.807) is 24.3 Å². The molecule has 1 N–H and O–H groups in total. The minimum Gasteiger partial charge on any atom is -0.490 e. The minimum absolute atomic E-state index is 0.129. The minimum atomic E-state index is -1.03. The first kappa shape index (κ1) is 19.9. The summed E-state index contributed by atoms with van der Waals surface area (Å²) < 4.78 is 11.2. The molecule has 6 heteroatoms. The zero-order valence-electron chi connectivity index (χ0n) is 15.8. The Balaban J connectivity index is 1.62. The molecule has 1 aliphatic heterocycles. The van der Waals surface area contributed by atoms with Crippen LogP contribution in [0.4, 0.5) is 0 Å². The molecule has 1 heterocycles. The van der Waals surface area contributed by atoms with Crippen molar-refractivity contribution in [1.29, 1.82) is 0 Å². The van der Waals surface area contributed by atoms with Gasteiger partial charge in [-0.25, -0.2) is 0 Å². The van der Waals surface area contributed by atoms with Gasteiger partial charge in [-0.15, -0.1) is 0 Å². The van der Waals surface area contributed by atoms with Crippen LogP contribution >= 0.6 is 0 Å². The molecule has 0 radical (unpaired) electrons. The van der Waals surface area contributed by atoms with Crippen LogP contribution in [0.15, 0.2) is 54.6 Å². The predicted octanol–water partition coefficient (Wildman–Crippen LogP) is 3.01. The third-order valence-corrected chi connectivity index (χ3v) is 4.70. The molecule has 0 saturated carbocycles. The number of carbonyl (C=O) groups excluding carboxylic acids is 1. The van der Waals surface area contributed by atoms with Gasteiger partial charge in [0.05, 0.1) is 13.2 Å². The molecule has 0 aliphatic carbocycles. The van der Waals surface area contributed by atoms with E-state index in [0.717, 1.165) is 18.4 Å². The van der Waals surface area contributed by atoms with Gasteiger partial charge in [0.2, 0.25) is 0 Å². The van der Waals surface area contributed by atoms with E-state index in [0.29, 0.717) is 37.5 Å².